The SMILES string of the molecule is CC1CC(C(=O)N2CC3CCC2CN3C(=O)CNc2ccccn2)CO1. The molecule has 5 heterocycles. The number of anilines is 1. The Bertz CT molecular complexity index is 668. The standard InChI is InChI=1S/C19H26N4O3/c1-13-8-14(12-26-13)19(25)23-11-15-5-6-16(23)10-22(15)18(24)9-21-17-4-2-3-7-20-17/h2-4,7,13-16H,5-6,8-12H2,1H3,(H,20,21). The summed E-state index contributed by atoms with van der Waals surface area (Å²) in [5.41, 5.74) is 0. The minimum absolute atomic E-state index is 0.0145. The highest BCUT2D eigenvalue weighted by Gasteiger charge is 2.44. The van der Waals surface area contributed by atoms with Crippen molar-refractivity contribution < 1.29 is 14.3 Å². The minimum atomic E-state index is -0.0145. The van der Waals surface area contributed by atoms with Crippen LogP contribution in [0.15, 0.2) is 24.4 Å². The zero-order valence-corrected chi connectivity index (χ0v) is 15.1. The van der Waals surface area contributed by atoms with Crippen LogP contribution in [0.2, 0.25) is 0 Å². The van der Waals surface area contributed by atoms with E-state index in [1.807, 2.05) is 34.9 Å². The lowest BCUT2D eigenvalue weighted by atomic mass is 9.89. The Kier molecular flexibility index (Phi) is 4.80. The number of nitrogens with one attached hydrogen (secondary N) is 1. The number of pyridine rings is 1. The van der Waals surface area contributed by atoms with Crippen LogP contribution in [0, 0.1) is 5.92 Å². The highest BCUT2D eigenvalue weighted by Crippen LogP contribution is 2.32. The molecule has 5 rings (SSSR count). The van der Waals surface area contributed by atoms with Gasteiger partial charge in [-0.3, -0.25) is 9.59 Å². The molecule has 4 aliphatic rings. The van der Waals surface area contributed by atoms with E-state index in [-0.39, 0.29) is 42.5 Å². The number of hydrogen-bond acceptors (Lipinski definition) is 5. The second-order valence-corrected chi connectivity index (χ2v) is 7.57. The second kappa shape index (κ2) is 7.23. The third-order valence-corrected chi connectivity index (χ3v) is 5.77. The quantitative estimate of drug-likeness (QED) is 0.873. The maximum atomic E-state index is 12.8. The van der Waals surface area contributed by atoms with E-state index < -0.39 is 0 Å². The number of piperidine rings is 2. The number of carbonyl (C=O) groups is 2. The van der Waals surface area contributed by atoms with Crippen LogP contribution in [-0.2, 0) is 14.3 Å². The molecule has 2 amide bonds. The van der Waals surface area contributed by atoms with Gasteiger partial charge in [-0.1, -0.05) is 6.07 Å². The molecule has 26 heavy (non-hydrogen) atoms. The molecular weight excluding hydrogens is 332 g/mol. The summed E-state index contributed by atoms with van der Waals surface area (Å²) in [6.07, 6.45) is 4.63. The molecule has 0 aliphatic carbocycles. The summed E-state index contributed by atoms with van der Waals surface area (Å²) < 4.78 is 5.56. The molecular formula is C19H26N4O3. The van der Waals surface area contributed by atoms with E-state index in [1.54, 1.807) is 6.20 Å². The minimum Gasteiger partial charge on any atom is -0.378 e. The van der Waals surface area contributed by atoms with Crippen molar-refractivity contribution >= 4 is 17.6 Å². The van der Waals surface area contributed by atoms with E-state index in [0.717, 1.165) is 19.3 Å². The van der Waals surface area contributed by atoms with Gasteiger partial charge < -0.3 is 19.9 Å². The Hall–Kier alpha value is -2.15. The lowest BCUT2D eigenvalue weighted by molar-refractivity contribution is -0.153. The topological polar surface area (TPSA) is 74.8 Å². The van der Waals surface area contributed by atoms with Crippen molar-refractivity contribution in [3.05, 3.63) is 24.4 Å². The molecule has 1 aromatic heterocycles. The van der Waals surface area contributed by atoms with Crippen LogP contribution in [-0.4, -0.2) is 71.0 Å². The molecule has 0 aromatic carbocycles. The van der Waals surface area contributed by atoms with Gasteiger partial charge in [-0.2, -0.15) is 0 Å². The summed E-state index contributed by atoms with van der Waals surface area (Å²) in [6.45, 7) is 4.09. The van der Waals surface area contributed by atoms with Crippen LogP contribution >= 0.6 is 0 Å². The largest absolute Gasteiger partial charge is 0.378 e. The summed E-state index contributed by atoms with van der Waals surface area (Å²) >= 11 is 0. The van der Waals surface area contributed by atoms with Crippen molar-refractivity contribution in [1.82, 2.24) is 14.8 Å². The van der Waals surface area contributed by atoms with Crippen LogP contribution in [0.5, 0.6) is 0 Å². The van der Waals surface area contributed by atoms with Gasteiger partial charge in [-0.05, 0) is 38.3 Å². The average molecular weight is 358 g/mol. The van der Waals surface area contributed by atoms with E-state index in [0.29, 0.717) is 25.5 Å². The maximum Gasteiger partial charge on any atom is 0.242 e. The van der Waals surface area contributed by atoms with Gasteiger partial charge in [-0.15, -0.1) is 0 Å². The molecule has 140 valence electrons. The van der Waals surface area contributed by atoms with Gasteiger partial charge >= 0.3 is 0 Å². The van der Waals surface area contributed by atoms with Crippen molar-refractivity contribution in [3.8, 4) is 0 Å². The zero-order chi connectivity index (χ0) is 18.1. The fourth-order valence-electron chi connectivity index (χ4n) is 4.36. The first kappa shape index (κ1) is 17.3. The lowest BCUT2D eigenvalue weighted by Crippen LogP contribution is -2.66. The zero-order valence-electron chi connectivity index (χ0n) is 15.1. The van der Waals surface area contributed by atoms with Crippen LogP contribution in [0.4, 0.5) is 5.82 Å². The molecule has 4 aliphatic heterocycles. The predicted molar refractivity (Wildman–Crippen MR) is 96.5 cm³/mol. The number of fused-ring (bicyclic) bond motifs is 3. The Morgan fingerprint density at radius 1 is 1.23 bits per heavy atom. The molecule has 1 N–H and O–H groups in total. The van der Waals surface area contributed by atoms with Crippen LogP contribution < -0.4 is 5.32 Å². The number of rotatable bonds is 4. The highest BCUT2D eigenvalue weighted by atomic mass is 16.5. The summed E-state index contributed by atoms with van der Waals surface area (Å²) in [4.78, 5) is 33.6. The van der Waals surface area contributed by atoms with Crippen molar-refractivity contribution in [2.45, 2.75) is 44.4 Å². The molecule has 0 saturated carbocycles. The van der Waals surface area contributed by atoms with Gasteiger partial charge in [0.25, 0.3) is 0 Å². The predicted octanol–water partition coefficient (Wildman–Crippen LogP) is 1.12. The van der Waals surface area contributed by atoms with E-state index in [4.69, 9.17) is 4.74 Å². The maximum absolute atomic E-state index is 12.8. The molecule has 2 bridgehead atoms. The third-order valence-electron chi connectivity index (χ3n) is 5.77. The van der Waals surface area contributed by atoms with E-state index in [2.05, 4.69) is 10.3 Å². The number of carbonyl (C=O) groups excluding carboxylic acids is 2. The number of aromatic nitrogens is 1. The number of piperazine rings is 1. The van der Waals surface area contributed by atoms with Crippen LogP contribution in [0.1, 0.15) is 26.2 Å². The number of ether oxygens (including phenoxy) is 1. The number of hydrogen-bond donors (Lipinski definition) is 1. The Morgan fingerprint density at radius 3 is 2.62 bits per heavy atom. The molecule has 0 spiro atoms. The Balaban J connectivity index is 1.34. The van der Waals surface area contributed by atoms with Gasteiger partial charge in [0, 0.05) is 31.4 Å². The van der Waals surface area contributed by atoms with E-state index in [9.17, 15) is 9.59 Å². The van der Waals surface area contributed by atoms with Crippen molar-refractivity contribution in [2.24, 2.45) is 5.92 Å². The van der Waals surface area contributed by atoms with Crippen molar-refractivity contribution in [1.29, 1.82) is 0 Å². The van der Waals surface area contributed by atoms with Gasteiger partial charge in [0.2, 0.25) is 11.8 Å². The summed E-state index contributed by atoms with van der Waals surface area (Å²) in [5.74, 6) is 0.979. The molecule has 4 unspecified atom stereocenters. The molecule has 0 radical (unpaired) electrons. The third kappa shape index (κ3) is 3.40. The molecule has 4 atom stereocenters. The average Bonchev–Trinajstić information content (AvgIpc) is 3.13. The van der Waals surface area contributed by atoms with Crippen LogP contribution in [0.3, 0.4) is 0 Å². The van der Waals surface area contributed by atoms with E-state index in [1.165, 1.54) is 0 Å². The fourth-order valence-corrected chi connectivity index (χ4v) is 4.36. The van der Waals surface area contributed by atoms with Gasteiger partial charge in [0.15, 0.2) is 0 Å². The summed E-state index contributed by atoms with van der Waals surface area (Å²) in [6, 6.07) is 5.85. The normalized spacial score (nSPS) is 30.5. The molecule has 7 heteroatoms. The fraction of sp³-hybridized carbons (Fsp3) is 0.632. The van der Waals surface area contributed by atoms with E-state index >= 15 is 0 Å². The Labute approximate surface area is 153 Å². The smallest absolute Gasteiger partial charge is 0.242 e. The first-order valence-corrected chi connectivity index (χ1v) is 9.48. The Morgan fingerprint density at radius 2 is 2.00 bits per heavy atom. The highest BCUT2D eigenvalue weighted by molar-refractivity contribution is 5.83. The monoisotopic (exact) mass is 358 g/mol. The first-order valence-electron chi connectivity index (χ1n) is 9.48. The first-order chi connectivity index (χ1) is 12.6. The lowest BCUT2D eigenvalue weighted by Gasteiger charge is -2.52. The number of amides is 2. The molecule has 4 fully saturated rings. The van der Waals surface area contributed by atoms with Crippen molar-refractivity contribution in [3.63, 3.8) is 0 Å². The van der Waals surface area contributed by atoms with Gasteiger partial charge in [0.1, 0.15) is 5.82 Å². The van der Waals surface area contributed by atoms with Gasteiger partial charge in [-0.25, -0.2) is 4.98 Å². The molecule has 7 nitrogen and oxygen atoms in total. The van der Waals surface area contributed by atoms with Gasteiger partial charge in [0.05, 0.1) is 25.2 Å². The second-order valence-electron chi connectivity index (χ2n) is 7.57. The van der Waals surface area contributed by atoms with Crippen molar-refractivity contribution in [2.75, 3.05) is 31.6 Å². The summed E-state index contributed by atoms with van der Waals surface area (Å²) in [5, 5.41) is 3.09. The molecule has 1 aromatic rings. The number of nitrogens with zero attached hydrogens (tertiary/aromatic N) is 3. The summed E-state index contributed by atoms with van der Waals surface area (Å²) in [7, 11) is 0. The van der Waals surface area contributed by atoms with Crippen LogP contribution in [0.25, 0.3) is 0 Å². The molecule has 4 saturated heterocycles.